The van der Waals surface area contributed by atoms with Crippen LogP contribution in [0, 0.1) is 0 Å². The van der Waals surface area contributed by atoms with Gasteiger partial charge in [-0.1, -0.05) is 0 Å². The van der Waals surface area contributed by atoms with Gasteiger partial charge in [-0.2, -0.15) is 0 Å². The molecule has 0 aliphatic rings. The first kappa shape index (κ1) is 14.7. The first-order chi connectivity index (χ1) is 8.47. The molecule has 1 aromatic heterocycles. The summed E-state index contributed by atoms with van der Waals surface area (Å²) < 4.78 is 37.9. The highest BCUT2D eigenvalue weighted by atomic mass is 32.2. The van der Waals surface area contributed by atoms with E-state index in [0.717, 1.165) is 12.1 Å². The summed E-state index contributed by atoms with van der Waals surface area (Å²) >= 11 is 0. The molecule has 18 heavy (non-hydrogen) atoms. The second-order valence-electron chi connectivity index (χ2n) is 3.35. The van der Waals surface area contributed by atoms with E-state index in [4.69, 9.17) is 19.0 Å². The Hall–Kier alpha value is -1.38. The van der Waals surface area contributed by atoms with Crippen molar-refractivity contribution in [3.63, 3.8) is 0 Å². The van der Waals surface area contributed by atoms with E-state index in [1.807, 2.05) is 0 Å². The Morgan fingerprint density at radius 1 is 1.33 bits per heavy atom. The van der Waals surface area contributed by atoms with Crippen LogP contribution in [0.2, 0.25) is 0 Å². The minimum atomic E-state index is -3.66. The largest absolute Gasteiger partial charge is 0.475 e. The molecule has 1 rings (SSSR count). The molecule has 1 N–H and O–H groups in total. The van der Waals surface area contributed by atoms with Gasteiger partial charge >= 0.3 is 5.97 Å². The molecule has 102 valence electrons. The maximum Gasteiger partial charge on any atom is 0.371 e. The number of carboxylic acid groups (broad SMARTS) is 1. The molecule has 0 unspecified atom stereocenters. The average molecular weight is 278 g/mol. The summed E-state index contributed by atoms with van der Waals surface area (Å²) in [4.78, 5) is 10.5. The quantitative estimate of drug-likeness (QED) is 0.687. The van der Waals surface area contributed by atoms with Crippen molar-refractivity contribution in [1.82, 2.24) is 0 Å². The molecule has 0 aromatic carbocycles. The van der Waals surface area contributed by atoms with Crippen LogP contribution < -0.4 is 0 Å². The van der Waals surface area contributed by atoms with Crippen LogP contribution in [0.25, 0.3) is 0 Å². The highest BCUT2D eigenvalue weighted by Crippen LogP contribution is 2.15. The summed E-state index contributed by atoms with van der Waals surface area (Å²) in [6.07, 6.45) is 0. The lowest BCUT2D eigenvalue weighted by Gasteiger charge is -2.03. The lowest BCUT2D eigenvalue weighted by atomic mass is 10.5. The van der Waals surface area contributed by atoms with Gasteiger partial charge in [-0.05, 0) is 12.1 Å². The number of rotatable bonds is 8. The van der Waals surface area contributed by atoms with Crippen molar-refractivity contribution in [3.8, 4) is 0 Å². The summed E-state index contributed by atoms with van der Waals surface area (Å²) in [5, 5.41) is 8.24. The molecular formula is C10H14O7S. The predicted octanol–water partition coefficient (Wildman–Crippen LogP) is 0.415. The highest BCUT2D eigenvalue weighted by molar-refractivity contribution is 7.91. The van der Waals surface area contributed by atoms with Crippen LogP contribution in [0.1, 0.15) is 10.6 Å². The van der Waals surface area contributed by atoms with E-state index < -0.39 is 21.6 Å². The fraction of sp³-hybridized carbons (Fsp3) is 0.500. The van der Waals surface area contributed by atoms with Gasteiger partial charge in [0.15, 0.2) is 0 Å². The minimum absolute atomic E-state index is 0.00516. The summed E-state index contributed by atoms with van der Waals surface area (Å²) in [6, 6.07) is 2.22. The van der Waals surface area contributed by atoms with E-state index >= 15 is 0 Å². The van der Waals surface area contributed by atoms with Crippen LogP contribution in [0.5, 0.6) is 0 Å². The van der Waals surface area contributed by atoms with Crippen molar-refractivity contribution in [2.75, 3.05) is 32.7 Å². The topological polar surface area (TPSA) is 103 Å². The Balaban J connectivity index is 2.54. The van der Waals surface area contributed by atoms with E-state index in [9.17, 15) is 13.2 Å². The van der Waals surface area contributed by atoms with Gasteiger partial charge in [0.1, 0.15) is 0 Å². The van der Waals surface area contributed by atoms with Crippen molar-refractivity contribution in [1.29, 1.82) is 0 Å². The van der Waals surface area contributed by atoms with Crippen LogP contribution in [0.4, 0.5) is 0 Å². The molecular weight excluding hydrogens is 264 g/mol. The van der Waals surface area contributed by atoms with E-state index in [2.05, 4.69) is 0 Å². The van der Waals surface area contributed by atoms with Crippen molar-refractivity contribution in [2.24, 2.45) is 0 Å². The molecule has 0 saturated heterocycles. The number of carbonyl (C=O) groups is 1. The van der Waals surface area contributed by atoms with Gasteiger partial charge in [-0.15, -0.1) is 0 Å². The van der Waals surface area contributed by atoms with Crippen LogP contribution in [-0.2, 0) is 19.3 Å². The van der Waals surface area contributed by atoms with Gasteiger partial charge in [0, 0.05) is 7.11 Å². The van der Waals surface area contributed by atoms with E-state index in [1.165, 1.54) is 7.11 Å². The maximum absolute atomic E-state index is 11.7. The monoisotopic (exact) mass is 278 g/mol. The molecule has 0 aliphatic heterocycles. The Morgan fingerprint density at radius 3 is 2.61 bits per heavy atom. The number of methoxy groups -OCH3 is 1. The Morgan fingerprint density at radius 2 is 2.06 bits per heavy atom. The Labute approximate surface area is 104 Å². The van der Waals surface area contributed by atoms with Crippen molar-refractivity contribution in [2.45, 2.75) is 5.09 Å². The first-order valence-corrected chi connectivity index (χ1v) is 6.75. The molecule has 7 nitrogen and oxygen atoms in total. The fourth-order valence-corrected chi connectivity index (χ4v) is 2.15. The smallest absolute Gasteiger partial charge is 0.371 e. The van der Waals surface area contributed by atoms with Gasteiger partial charge in [0.2, 0.25) is 20.7 Å². The first-order valence-electron chi connectivity index (χ1n) is 5.10. The maximum atomic E-state index is 11.7. The zero-order valence-corrected chi connectivity index (χ0v) is 10.6. The fourth-order valence-electron chi connectivity index (χ4n) is 1.12. The number of carboxylic acids is 1. The zero-order valence-electron chi connectivity index (χ0n) is 9.79. The number of sulfone groups is 1. The lowest BCUT2D eigenvalue weighted by molar-refractivity contribution is 0.0656. The summed E-state index contributed by atoms with van der Waals surface area (Å²) in [5.41, 5.74) is 0. The SMILES string of the molecule is COCCOCCS(=O)(=O)c1ccc(C(=O)O)o1. The summed E-state index contributed by atoms with van der Waals surface area (Å²) in [7, 11) is -2.15. The molecule has 0 amide bonds. The normalized spacial score (nSPS) is 11.6. The minimum Gasteiger partial charge on any atom is -0.475 e. The van der Waals surface area contributed by atoms with Crippen LogP contribution in [0.3, 0.4) is 0 Å². The van der Waals surface area contributed by atoms with E-state index in [0.29, 0.717) is 13.2 Å². The number of hydrogen-bond donors (Lipinski definition) is 1. The van der Waals surface area contributed by atoms with Gasteiger partial charge < -0.3 is 19.0 Å². The van der Waals surface area contributed by atoms with Crippen molar-refractivity contribution >= 4 is 15.8 Å². The van der Waals surface area contributed by atoms with Gasteiger partial charge in [0.05, 0.1) is 25.6 Å². The zero-order chi connectivity index (χ0) is 13.6. The van der Waals surface area contributed by atoms with E-state index in [1.54, 1.807) is 0 Å². The third-order valence-electron chi connectivity index (χ3n) is 2.03. The van der Waals surface area contributed by atoms with Gasteiger partial charge in [0.25, 0.3) is 0 Å². The second-order valence-corrected chi connectivity index (χ2v) is 5.39. The van der Waals surface area contributed by atoms with E-state index in [-0.39, 0.29) is 17.5 Å². The summed E-state index contributed by atoms with van der Waals surface area (Å²) in [5.74, 6) is -2.00. The molecule has 0 atom stereocenters. The summed E-state index contributed by atoms with van der Waals surface area (Å²) in [6.45, 7) is 0.670. The Bertz CT molecular complexity index is 488. The van der Waals surface area contributed by atoms with Crippen LogP contribution in [0.15, 0.2) is 21.6 Å². The molecule has 1 aromatic rings. The number of aromatic carboxylic acids is 1. The standard InChI is InChI=1S/C10H14O7S/c1-15-4-5-16-6-7-18(13,14)9-3-2-8(17-9)10(11)12/h2-3H,4-7H2,1H3,(H,11,12). The van der Waals surface area contributed by atoms with Crippen LogP contribution >= 0.6 is 0 Å². The van der Waals surface area contributed by atoms with Gasteiger partial charge in [-0.3, -0.25) is 0 Å². The molecule has 0 saturated carbocycles. The molecule has 0 fully saturated rings. The Kier molecular flexibility index (Phi) is 5.32. The van der Waals surface area contributed by atoms with Crippen molar-refractivity contribution in [3.05, 3.63) is 17.9 Å². The lowest BCUT2D eigenvalue weighted by Crippen LogP contribution is -2.13. The molecule has 8 heteroatoms. The molecule has 0 radical (unpaired) electrons. The molecule has 1 heterocycles. The highest BCUT2D eigenvalue weighted by Gasteiger charge is 2.20. The second kappa shape index (κ2) is 6.53. The average Bonchev–Trinajstić information content (AvgIpc) is 2.78. The molecule has 0 aliphatic carbocycles. The molecule has 0 spiro atoms. The predicted molar refractivity (Wildman–Crippen MR) is 60.4 cm³/mol. The van der Waals surface area contributed by atoms with Crippen LogP contribution in [-0.4, -0.2) is 52.2 Å². The van der Waals surface area contributed by atoms with Crippen molar-refractivity contribution < 1.29 is 32.2 Å². The van der Waals surface area contributed by atoms with Gasteiger partial charge in [-0.25, -0.2) is 13.2 Å². The number of furan rings is 1. The molecule has 0 bridgehead atoms. The number of hydrogen-bond acceptors (Lipinski definition) is 6. The third-order valence-corrected chi connectivity index (χ3v) is 3.56. The third kappa shape index (κ3) is 4.13. The number of ether oxygens (including phenoxy) is 2.